The Hall–Kier alpha value is -0.620. The standard InChI is InChI=1S/C4H6N2O6P2/c7-13(8,9)3-1-5-2-4(6-3)14(10,11)12/h1-2H,(H2,7,8,9)(H2,10,11,12). The molecule has 0 radical (unpaired) electrons. The van der Waals surface area contributed by atoms with Gasteiger partial charge in [-0.1, -0.05) is 0 Å². The topological polar surface area (TPSA) is 141 Å². The van der Waals surface area contributed by atoms with E-state index in [2.05, 4.69) is 9.97 Å². The summed E-state index contributed by atoms with van der Waals surface area (Å²) in [5, 5.41) is 0. The van der Waals surface area contributed by atoms with Crippen LogP contribution in [0.3, 0.4) is 0 Å². The van der Waals surface area contributed by atoms with Crippen molar-refractivity contribution in [2.24, 2.45) is 0 Å². The summed E-state index contributed by atoms with van der Waals surface area (Å²) in [6.45, 7) is 0. The molecule has 0 aromatic carbocycles. The zero-order valence-corrected chi connectivity index (χ0v) is 8.34. The lowest BCUT2D eigenvalue weighted by Gasteiger charge is -2.05. The fourth-order valence-electron chi connectivity index (χ4n) is 0.626. The van der Waals surface area contributed by atoms with Crippen molar-refractivity contribution in [2.75, 3.05) is 0 Å². The highest BCUT2D eigenvalue weighted by Gasteiger charge is 2.25. The number of hydrogen-bond acceptors (Lipinski definition) is 4. The third kappa shape index (κ3) is 2.68. The molecule has 1 heterocycles. The Kier molecular flexibility index (Phi) is 2.87. The monoisotopic (exact) mass is 240 g/mol. The smallest absolute Gasteiger partial charge is 0.320 e. The van der Waals surface area contributed by atoms with Crippen LogP contribution >= 0.6 is 15.2 Å². The summed E-state index contributed by atoms with van der Waals surface area (Å²) in [5.41, 5.74) is -1.53. The van der Waals surface area contributed by atoms with Crippen molar-refractivity contribution in [3.05, 3.63) is 12.4 Å². The van der Waals surface area contributed by atoms with E-state index in [9.17, 15) is 9.13 Å². The maximum absolute atomic E-state index is 10.7. The van der Waals surface area contributed by atoms with Crippen molar-refractivity contribution in [2.45, 2.75) is 0 Å². The van der Waals surface area contributed by atoms with Crippen LogP contribution in [-0.4, -0.2) is 29.5 Å². The highest BCUT2D eigenvalue weighted by molar-refractivity contribution is 7.61. The van der Waals surface area contributed by atoms with Crippen LogP contribution in [0.15, 0.2) is 12.4 Å². The Morgan fingerprint density at radius 3 is 1.57 bits per heavy atom. The van der Waals surface area contributed by atoms with Gasteiger partial charge in [-0.05, 0) is 0 Å². The van der Waals surface area contributed by atoms with Crippen LogP contribution in [0.5, 0.6) is 0 Å². The molecule has 0 aliphatic carbocycles. The van der Waals surface area contributed by atoms with Gasteiger partial charge in [-0.3, -0.25) is 14.1 Å². The summed E-state index contributed by atoms with van der Waals surface area (Å²) in [5.74, 6) is 0. The van der Waals surface area contributed by atoms with Crippen LogP contribution in [0.25, 0.3) is 0 Å². The van der Waals surface area contributed by atoms with Crippen molar-refractivity contribution >= 4 is 26.1 Å². The van der Waals surface area contributed by atoms with Crippen molar-refractivity contribution in [1.82, 2.24) is 9.97 Å². The summed E-state index contributed by atoms with van der Waals surface area (Å²) in [7, 11) is -9.26. The highest BCUT2D eigenvalue weighted by Crippen LogP contribution is 2.34. The van der Waals surface area contributed by atoms with Crippen molar-refractivity contribution in [3.8, 4) is 0 Å². The van der Waals surface area contributed by atoms with Crippen LogP contribution in [0.2, 0.25) is 0 Å². The minimum absolute atomic E-state index is 0.750. The maximum Gasteiger partial charge on any atom is 0.376 e. The predicted molar refractivity (Wildman–Crippen MR) is 45.4 cm³/mol. The average Bonchev–Trinajstić information content (AvgIpc) is 2.01. The molecule has 78 valence electrons. The Balaban J connectivity index is 3.29. The molecule has 1 aromatic rings. The van der Waals surface area contributed by atoms with E-state index in [0.717, 1.165) is 12.4 Å². The molecule has 0 bridgehead atoms. The Morgan fingerprint density at radius 2 is 1.29 bits per heavy atom. The second-order valence-electron chi connectivity index (χ2n) is 2.32. The first-order valence-electron chi connectivity index (χ1n) is 3.15. The molecular formula is C4H6N2O6P2. The Bertz CT molecular complexity index is 398. The van der Waals surface area contributed by atoms with Gasteiger partial charge in [-0.2, -0.15) is 0 Å². The molecule has 14 heavy (non-hydrogen) atoms. The molecule has 4 N–H and O–H groups in total. The molecule has 0 amide bonds. The minimum atomic E-state index is -4.63. The molecule has 8 nitrogen and oxygen atoms in total. The first kappa shape index (κ1) is 11.5. The number of nitrogens with zero attached hydrogens (tertiary/aromatic N) is 2. The maximum atomic E-state index is 10.7. The highest BCUT2D eigenvalue weighted by atomic mass is 31.2. The molecular weight excluding hydrogens is 234 g/mol. The number of rotatable bonds is 2. The van der Waals surface area contributed by atoms with Crippen LogP contribution in [-0.2, 0) is 9.13 Å². The SMILES string of the molecule is O=P(O)(O)c1cncc(P(=O)(O)O)n1. The van der Waals surface area contributed by atoms with Crippen LogP contribution in [0.4, 0.5) is 0 Å². The predicted octanol–water partition coefficient (Wildman–Crippen LogP) is -1.92. The summed E-state index contributed by atoms with van der Waals surface area (Å²) >= 11 is 0. The van der Waals surface area contributed by atoms with E-state index in [-0.39, 0.29) is 0 Å². The minimum Gasteiger partial charge on any atom is -0.320 e. The molecule has 0 aliphatic rings. The number of hydrogen-bond donors (Lipinski definition) is 4. The van der Waals surface area contributed by atoms with E-state index < -0.39 is 26.1 Å². The van der Waals surface area contributed by atoms with Gasteiger partial charge in [0.1, 0.15) is 0 Å². The van der Waals surface area contributed by atoms with Gasteiger partial charge in [-0.15, -0.1) is 0 Å². The zero-order valence-electron chi connectivity index (χ0n) is 6.55. The average molecular weight is 240 g/mol. The van der Waals surface area contributed by atoms with Crippen molar-refractivity contribution < 1.29 is 28.7 Å². The van der Waals surface area contributed by atoms with Gasteiger partial charge in [-0.25, -0.2) is 4.98 Å². The Labute approximate surface area is 78.0 Å². The lowest BCUT2D eigenvalue weighted by Crippen LogP contribution is -2.21. The van der Waals surface area contributed by atoms with Gasteiger partial charge < -0.3 is 19.6 Å². The van der Waals surface area contributed by atoms with E-state index in [1.807, 2.05) is 0 Å². The summed E-state index contributed by atoms with van der Waals surface area (Å²) in [6, 6.07) is 0. The summed E-state index contributed by atoms with van der Waals surface area (Å²) < 4.78 is 21.3. The molecule has 1 rings (SSSR count). The first-order valence-corrected chi connectivity index (χ1v) is 6.38. The van der Waals surface area contributed by atoms with Crippen LogP contribution < -0.4 is 10.9 Å². The molecule has 1 aromatic heterocycles. The lowest BCUT2D eigenvalue weighted by molar-refractivity contribution is 0.385. The first-order chi connectivity index (χ1) is 6.21. The van der Waals surface area contributed by atoms with E-state index >= 15 is 0 Å². The lowest BCUT2D eigenvalue weighted by atomic mass is 10.8. The molecule has 0 unspecified atom stereocenters. The molecule has 0 aliphatic heterocycles. The van der Waals surface area contributed by atoms with Gasteiger partial charge in [0.05, 0.1) is 12.4 Å². The van der Waals surface area contributed by atoms with Crippen molar-refractivity contribution in [1.29, 1.82) is 0 Å². The second-order valence-corrected chi connectivity index (χ2v) is 5.42. The Morgan fingerprint density at radius 1 is 0.929 bits per heavy atom. The van der Waals surface area contributed by atoms with Crippen LogP contribution in [0.1, 0.15) is 0 Å². The van der Waals surface area contributed by atoms with Gasteiger partial charge in [0, 0.05) is 0 Å². The fourth-order valence-corrected chi connectivity index (χ4v) is 1.62. The second kappa shape index (κ2) is 3.51. The van der Waals surface area contributed by atoms with E-state index in [0.29, 0.717) is 0 Å². The molecule has 0 saturated heterocycles. The molecule has 0 spiro atoms. The van der Waals surface area contributed by atoms with Crippen molar-refractivity contribution in [3.63, 3.8) is 0 Å². The van der Waals surface area contributed by atoms with Gasteiger partial charge in [0.2, 0.25) is 0 Å². The van der Waals surface area contributed by atoms with Crippen LogP contribution in [0, 0.1) is 0 Å². The largest absolute Gasteiger partial charge is 0.376 e. The normalized spacial score (nSPS) is 12.9. The third-order valence-electron chi connectivity index (χ3n) is 1.21. The zero-order chi connectivity index (χ0) is 11.0. The molecule has 0 fully saturated rings. The van der Waals surface area contributed by atoms with Gasteiger partial charge in [0.15, 0.2) is 10.9 Å². The third-order valence-corrected chi connectivity index (χ3v) is 2.83. The molecule has 0 saturated carbocycles. The molecule has 10 heteroatoms. The quantitative estimate of drug-likeness (QED) is 0.438. The fraction of sp³-hybridized carbons (Fsp3) is 0. The summed E-state index contributed by atoms with van der Waals surface area (Å²) in [6.07, 6.45) is 1.50. The number of aromatic nitrogens is 2. The van der Waals surface area contributed by atoms with Gasteiger partial charge in [0.25, 0.3) is 0 Å². The van der Waals surface area contributed by atoms with Gasteiger partial charge >= 0.3 is 15.2 Å². The van der Waals surface area contributed by atoms with E-state index in [1.54, 1.807) is 0 Å². The summed E-state index contributed by atoms with van der Waals surface area (Å²) in [4.78, 5) is 40.9. The molecule has 0 atom stereocenters. The van der Waals surface area contributed by atoms with E-state index in [4.69, 9.17) is 19.6 Å². The van der Waals surface area contributed by atoms with E-state index in [1.165, 1.54) is 0 Å².